The fourth-order valence-corrected chi connectivity index (χ4v) is 4.24. The van der Waals surface area contributed by atoms with Gasteiger partial charge in [0.1, 0.15) is 6.54 Å². The molecule has 2 aromatic rings. The number of halogens is 1. The predicted molar refractivity (Wildman–Crippen MR) is 115 cm³/mol. The molecular formula is C22H21BrN4O4. The molecule has 2 aliphatic heterocycles. The first kappa shape index (κ1) is 21.2. The van der Waals surface area contributed by atoms with Crippen LogP contribution in [-0.4, -0.2) is 64.6 Å². The van der Waals surface area contributed by atoms with Gasteiger partial charge in [-0.05, 0) is 49.1 Å². The number of pyridine rings is 1. The Balaban J connectivity index is 1.25. The summed E-state index contributed by atoms with van der Waals surface area (Å²) in [5, 5.41) is 2.83. The zero-order chi connectivity index (χ0) is 22.0. The van der Waals surface area contributed by atoms with Gasteiger partial charge >= 0.3 is 0 Å². The van der Waals surface area contributed by atoms with E-state index >= 15 is 0 Å². The normalized spacial score (nSPS) is 16.4. The lowest BCUT2D eigenvalue weighted by Gasteiger charge is -2.32. The topological polar surface area (TPSA) is 99.7 Å². The minimum Gasteiger partial charge on any atom is -0.354 e. The van der Waals surface area contributed by atoms with Gasteiger partial charge < -0.3 is 10.2 Å². The lowest BCUT2D eigenvalue weighted by molar-refractivity contribution is -0.121. The number of nitrogens with zero attached hydrogens (tertiary/aromatic N) is 3. The standard InChI is InChI=1S/C22H21BrN4O4/c23-16-3-4-17-18(10-16)22(31)27(21(17)30)13-19(28)25-11-14-5-8-26(9-6-14)20(29)15-2-1-7-24-12-15/h1-4,7,10,12,14H,5-6,8-9,11,13H2,(H,25,28). The average molecular weight is 485 g/mol. The third kappa shape index (κ3) is 4.51. The molecular weight excluding hydrogens is 464 g/mol. The third-order valence-electron chi connectivity index (χ3n) is 5.63. The van der Waals surface area contributed by atoms with Gasteiger partial charge in [0, 0.05) is 36.5 Å². The van der Waals surface area contributed by atoms with E-state index in [0.717, 1.165) is 17.7 Å². The van der Waals surface area contributed by atoms with Crippen LogP contribution in [0.15, 0.2) is 47.2 Å². The Morgan fingerprint density at radius 2 is 1.84 bits per heavy atom. The molecule has 4 amide bonds. The number of nitrogens with one attached hydrogen (secondary N) is 1. The second-order valence-electron chi connectivity index (χ2n) is 7.67. The summed E-state index contributed by atoms with van der Waals surface area (Å²) in [5.41, 5.74) is 1.19. The Labute approximate surface area is 187 Å². The second-order valence-corrected chi connectivity index (χ2v) is 8.58. The maximum Gasteiger partial charge on any atom is 0.262 e. The number of amides is 4. The van der Waals surface area contributed by atoms with E-state index in [1.165, 1.54) is 0 Å². The molecule has 0 spiro atoms. The molecule has 31 heavy (non-hydrogen) atoms. The Bertz CT molecular complexity index is 1040. The van der Waals surface area contributed by atoms with Gasteiger partial charge in [0.05, 0.1) is 16.7 Å². The quantitative estimate of drug-likeness (QED) is 0.655. The van der Waals surface area contributed by atoms with Gasteiger partial charge in [-0.25, -0.2) is 0 Å². The summed E-state index contributed by atoms with van der Waals surface area (Å²) in [6.45, 7) is 1.37. The average Bonchev–Trinajstić information content (AvgIpc) is 3.02. The number of piperidine rings is 1. The van der Waals surface area contributed by atoms with Crippen molar-refractivity contribution in [2.75, 3.05) is 26.2 Å². The van der Waals surface area contributed by atoms with Crippen molar-refractivity contribution in [2.24, 2.45) is 5.92 Å². The van der Waals surface area contributed by atoms with E-state index in [1.807, 2.05) is 0 Å². The summed E-state index contributed by atoms with van der Waals surface area (Å²) in [6.07, 6.45) is 4.74. The molecule has 4 rings (SSSR count). The Kier molecular flexibility index (Phi) is 6.13. The van der Waals surface area contributed by atoms with Gasteiger partial charge in [0.15, 0.2) is 0 Å². The van der Waals surface area contributed by atoms with Crippen LogP contribution in [0.2, 0.25) is 0 Å². The zero-order valence-electron chi connectivity index (χ0n) is 16.7. The van der Waals surface area contributed by atoms with Gasteiger partial charge in [-0.3, -0.25) is 29.1 Å². The first-order chi connectivity index (χ1) is 14.9. The lowest BCUT2D eigenvalue weighted by Crippen LogP contribution is -2.44. The molecule has 0 bridgehead atoms. The summed E-state index contributed by atoms with van der Waals surface area (Å²) in [7, 11) is 0. The Morgan fingerprint density at radius 3 is 2.55 bits per heavy atom. The molecule has 0 unspecified atom stereocenters. The fourth-order valence-electron chi connectivity index (χ4n) is 3.88. The first-order valence-corrected chi connectivity index (χ1v) is 10.8. The van der Waals surface area contributed by atoms with Crippen molar-refractivity contribution < 1.29 is 19.2 Å². The molecule has 160 valence electrons. The van der Waals surface area contributed by atoms with Crippen molar-refractivity contribution in [3.05, 3.63) is 63.9 Å². The van der Waals surface area contributed by atoms with Crippen LogP contribution in [0.25, 0.3) is 0 Å². The second kappa shape index (κ2) is 8.97. The van der Waals surface area contributed by atoms with Gasteiger partial charge in [-0.15, -0.1) is 0 Å². The summed E-state index contributed by atoms with van der Waals surface area (Å²) >= 11 is 3.29. The Morgan fingerprint density at radius 1 is 1.10 bits per heavy atom. The van der Waals surface area contributed by atoms with Crippen LogP contribution in [0.4, 0.5) is 0 Å². The number of aromatic nitrogens is 1. The largest absolute Gasteiger partial charge is 0.354 e. The summed E-state index contributed by atoms with van der Waals surface area (Å²) in [5.74, 6) is -1.08. The van der Waals surface area contributed by atoms with E-state index in [9.17, 15) is 19.2 Å². The van der Waals surface area contributed by atoms with Gasteiger partial charge in [-0.1, -0.05) is 15.9 Å². The SMILES string of the molecule is O=C(CN1C(=O)c2ccc(Br)cc2C1=O)NCC1CCN(C(=O)c2cccnc2)CC1. The number of carbonyl (C=O) groups excluding carboxylic acids is 4. The maximum absolute atomic E-state index is 12.5. The van der Waals surface area contributed by atoms with Crippen molar-refractivity contribution in [1.82, 2.24) is 20.1 Å². The highest BCUT2D eigenvalue weighted by Gasteiger charge is 2.36. The molecule has 1 fully saturated rings. The zero-order valence-corrected chi connectivity index (χ0v) is 18.3. The number of likely N-dealkylation sites (tertiary alicyclic amines) is 1. The third-order valence-corrected chi connectivity index (χ3v) is 6.13. The number of benzene rings is 1. The first-order valence-electron chi connectivity index (χ1n) is 10.1. The number of hydrogen-bond acceptors (Lipinski definition) is 5. The molecule has 0 atom stereocenters. The van der Waals surface area contributed by atoms with Crippen LogP contribution < -0.4 is 5.32 Å². The highest BCUT2D eigenvalue weighted by molar-refractivity contribution is 9.10. The van der Waals surface area contributed by atoms with Crippen molar-refractivity contribution in [2.45, 2.75) is 12.8 Å². The van der Waals surface area contributed by atoms with E-state index in [2.05, 4.69) is 26.2 Å². The van der Waals surface area contributed by atoms with Crippen molar-refractivity contribution in [3.63, 3.8) is 0 Å². The molecule has 3 heterocycles. The molecule has 0 saturated carbocycles. The van der Waals surface area contributed by atoms with Crippen LogP contribution in [0.5, 0.6) is 0 Å². The monoisotopic (exact) mass is 484 g/mol. The van der Waals surface area contributed by atoms with E-state index in [-0.39, 0.29) is 24.3 Å². The number of hydrogen-bond donors (Lipinski definition) is 1. The van der Waals surface area contributed by atoms with Crippen LogP contribution in [0.3, 0.4) is 0 Å². The molecule has 2 aliphatic rings. The fraction of sp³-hybridized carbons (Fsp3) is 0.318. The molecule has 1 N–H and O–H groups in total. The number of carbonyl (C=O) groups is 4. The lowest BCUT2D eigenvalue weighted by atomic mass is 9.96. The highest BCUT2D eigenvalue weighted by atomic mass is 79.9. The number of fused-ring (bicyclic) bond motifs is 1. The van der Waals surface area contributed by atoms with Gasteiger partial charge in [0.2, 0.25) is 5.91 Å². The maximum atomic E-state index is 12.5. The summed E-state index contributed by atoms with van der Waals surface area (Å²) in [6, 6.07) is 8.35. The molecule has 1 aromatic heterocycles. The van der Waals surface area contributed by atoms with Gasteiger partial charge in [-0.2, -0.15) is 0 Å². The van der Waals surface area contributed by atoms with E-state index in [4.69, 9.17) is 0 Å². The number of imide groups is 1. The van der Waals surface area contributed by atoms with Crippen LogP contribution >= 0.6 is 15.9 Å². The van der Waals surface area contributed by atoms with E-state index in [1.54, 1.807) is 47.6 Å². The molecule has 0 aliphatic carbocycles. The number of rotatable bonds is 5. The predicted octanol–water partition coefficient (Wildman–Crippen LogP) is 2.11. The van der Waals surface area contributed by atoms with Crippen LogP contribution in [-0.2, 0) is 4.79 Å². The minimum atomic E-state index is -0.460. The van der Waals surface area contributed by atoms with Gasteiger partial charge in [0.25, 0.3) is 17.7 Å². The van der Waals surface area contributed by atoms with Crippen molar-refractivity contribution >= 4 is 39.6 Å². The van der Waals surface area contributed by atoms with E-state index < -0.39 is 11.8 Å². The molecule has 9 heteroatoms. The van der Waals surface area contributed by atoms with Crippen molar-refractivity contribution in [3.8, 4) is 0 Å². The summed E-state index contributed by atoms with van der Waals surface area (Å²) in [4.78, 5) is 56.5. The molecule has 1 saturated heterocycles. The van der Waals surface area contributed by atoms with Crippen LogP contribution in [0, 0.1) is 5.92 Å². The summed E-state index contributed by atoms with van der Waals surface area (Å²) < 4.78 is 0.701. The molecule has 1 aromatic carbocycles. The highest BCUT2D eigenvalue weighted by Crippen LogP contribution is 2.26. The van der Waals surface area contributed by atoms with Crippen molar-refractivity contribution in [1.29, 1.82) is 0 Å². The molecule has 8 nitrogen and oxygen atoms in total. The minimum absolute atomic E-state index is 0.0344. The van der Waals surface area contributed by atoms with Crippen LogP contribution in [0.1, 0.15) is 43.9 Å². The molecule has 0 radical (unpaired) electrons. The van der Waals surface area contributed by atoms with E-state index in [0.29, 0.717) is 40.8 Å². The Hall–Kier alpha value is -3.07. The smallest absolute Gasteiger partial charge is 0.262 e.